The van der Waals surface area contributed by atoms with Crippen LogP contribution in [0.3, 0.4) is 0 Å². The van der Waals surface area contributed by atoms with Crippen molar-refractivity contribution in [1.82, 2.24) is 20.6 Å². The fourth-order valence-electron chi connectivity index (χ4n) is 2.25. The van der Waals surface area contributed by atoms with E-state index >= 15 is 0 Å². The molecule has 2 rings (SSSR count). The first-order valence-electron chi connectivity index (χ1n) is 8.28. The maximum atomic E-state index is 12.0. The Bertz CT molecular complexity index is 697. The lowest BCUT2D eigenvalue weighted by atomic mass is 10.1. The molecule has 3 N–H and O–H groups in total. The van der Waals surface area contributed by atoms with E-state index in [0.29, 0.717) is 17.7 Å². The molecule has 0 saturated heterocycles. The number of nitrogens with zero attached hydrogens (tertiary/aromatic N) is 2. The lowest BCUT2D eigenvalue weighted by Crippen LogP contribution is -2.46. The number of aliphatic hydroxyl groups is 1. The highest BCUT2D eigenvalue weighted by molar-refractivity contribution is 5.94. The van der Waals surface area contributed by atoms with Crippen molar-refractivity contribution in [3.63, 3.8) is 0 Å². The molecule has 138 valence electrons. The molecule has 0 bridgehead atoms. The van der Waals surface area contributed by atoms with Gasteiger partial charge in [-0.05, 0) is 19.1 Å². The predicted octanol–water partition coefficient (Wildman–Crippen LogP) is 0.402. The molecule has 0 aliphatic heterocycles. The van der Waals surface area contributed by atoms with E-state index in [1.165, 1.54) is 18.7 Å². The van der Waals surface area contributed by atoms with Gasteiger partial charge in [-0.1, -0.05) is 18.2 Å². The Balaban J connectivity index is 1.85. The number of aromatic nitrogens is 2. The summed E-state index contributed by atoms with van der Waals surface area (Å²) < 4.78 is 5.48. The zero-order valence-corrected chi connectivity index (χ0v) is 14.5. The van der Waals surface area contributed by atoms with E-state index in [4.69, 9.17) is 4.74 Å². The number of rotatable bonds is 9. The smallest absolute Gasteiger partial charge is 0.254 e. The third-order valence-electron chi connectivity index (χ3n) is 3.60. The van der Waals surface area contributed by atoms with Crippen LogP contribution in [0.5, 0.6) is 0 Å². The van der Waals surface area contributed by atoms with Crippen molar-refractivity contribution in [1.29, 1.82) is 0 Å². The topological polar surface area (TPSA) is 113 Å². The van der Waals surface area contributed by atoms with Crippen LogP contribution in [0.1, 0.15) is 27.6 Å². The molecule has 0 unspecified atom stereocenters. The van der Waals surface area contributed by atoms with E-state index in [0.717, 1.165) is 0 Å². The minimum Gasteiger partial charge on any atom is -0.388 e. The number of carbonyl (C=O) groups is 2. The predicted molar refractivity (Wildman–Crippen MR) is 94.6 cm³/mol. The van der Waals surface area contributed by atoms with Gasteiger partial charge in [0.25, 0.3) is 11.8 Å². The van der Waals surface area contributed by atoms with Crippen LogP contribution in [0.4, 0.5) is 0 Å². The summed E-state index contributed by atoms with van der Waals surface area (Å²) in [7, 11) is 0. The number of benzene rings is 1. The molecule has 2 aromatic rings. The fraction of sp³-hybridized carbons (Fsp3) is 0.333. The van der Waals surface area contributed by atoms with Crippen molar-refractivity contribution in [2.45, 2.75) is 19.1 Å². The van der Waals surface area contributed by atoms with E-state index in [9.17, 15) is 14.7 Å². The molecule has 1 heterocycles. The molecule has 8 nitrogen and oxygen atoms in total. The molecule has 2 amide bonds. The molecule has 1 aromatic heterocycles. The molecule has 0 saturated carbocycles. The van der Waals surface area contributed by atoms with Gasteiger partial charge in [0.05, 0.1) is 11.7 Å². The standard InChI is InChI=1S/C18H22N4O4/c1-2-26-16(11-22-18(25)14-8-19-12-20-9-14)15(23)10-21-17(24)13-6-4-3-5-7-13/h3-9,12,15-16,23H,2,10-11H2,1H3,(H,21,24)(H,22,25)/t15-,16+/m0/s1. The van der Waals surface area contributed by atoms with Gasteiger partial charge in [0, 0.05) is 37.7 Å². The molecule has 0 aliphatic rings. The summed E-state index contributed by atoms with van der Waals surface area (Å²) >= 11 is 0. The lowest BCUT2D eigenvalue weighted by Gasteiger charge is -2.23. The molecule has 0 fully saturated rings. The average Bonchev–Trinajstić information content (AvgIpc) is 2.70. The van der Waals surface area contributed by atoms with Gasteiger partial charge in [-0.25, -0.2) is 9.97 Å². The zero-order valence-electron chi connectivity index (χ0n) is 14.5. The second-order valence-corrected chi connectivity index (χ2v) is 5.47. The van der Waals surface area contributed by atoms with Crippen LogP contribution in [-0.4, -0.2) is 58.8 Å². The molecule has 26 heavy (non-hydrogen) atoms. The van der Waals surface area contributed by atoms with Crippen LogP contribution in [0, 0.1) is 0 Å². The Hall–Kier alpha value is -2.84. The van der Waals surface area contributed by atoms with Gasteiger partial charge in [-0.3, -0.25) is 9.59 Å². The second-order valence-electron chi connectivity index (χ2n) is 5.47. The number of carbonyl (C=O) groups excluding carboxylic acids is 2. The van der Waals surface area contributed by atoms with Gasteiger partial charge < -0.3 is 20.5 Å². The van der Waals surface area contributed by atoms with E-state index in [1.807, 2.05) is 6.07 Å². The number of nitrogens with one attached hydrogen (secondary N) is 2. The van der Waals surface area contributed by atoms with Crippen molar-refractivity contribution in [2.75, 3.05) is 19.7 Å². The first kappa shape index (κ1) is 19.5. The van der Waals surface area contributed by atoms with Crippen molar-refractivity contribution in [2.24, 2.45) is 0 Å². The number of ether oxygens (including phenoxy) is 1. The normalized spacial score (nSPS) is 12.8. The van der Waals surface area contributed by atoms with E-state index in [1.54, 1.807) is 31.2 Å². The molecule has 1 aromatic carbocycles. The molecule has 0 aliphatic carbocycles. The van der Waals surface area contributed by atoms with Crippen molar-refractivity contribution in [3.05, 3.63) is 60.2 Å². The highest BCUT2D eigenvalue weighted by Gasteiger charge is 2.21. The van der Waals surface area contributed by atoms with Crippen LogP contribution in [0.25, 0.3) is 0 Å². The van der Waals surface area contributed by atoms with Crippen molar-refractivity contribution >= 4 is 11.8 Å². The SMILES string of the molecule is CCO[C@H](CNC(=O)c1cncnc1)[C@@H](O)CNC(=O)c1ccccc1. The first-order valence-corrected chi connectivity index (χ1v) is 8.28. The summed E-state index contributed by atoms with van der Waals surface area (Å²) in [4.78, 5) is 31.6. The van der Waals surface area contributed by atoms with Gasteiger partial charge in [0.2, 0.25) is 0 Å². The van der Waals surface area contributed by atoms with Crippen molar-refractivity contribution < 1.29 is 19.4 Å². The largest absolute Gasteiger partial charge is 0.388 e. The van der Waals surface area contributed by atoms with Gasteiger partial charge in [0.15, 0.2) is 0 Å². The molecule has 8 heteroatoms. The van der Waals surface area contributed by atoms with Crippen LogP contribution in [0.15, 0.2) is 49.1 Å². The third kappa shape index (κ3) is 5.91. The summed E-state index contributed by atoms with van der Waals surface area (Å²) in [5, 5.41) is 15.6. The van der Waals surface area contributed by atoms with E-state index in [2.05, 4.69) is 20.6 Å². The quantitative estimate of drug-likeness (QED) is 0.598. The zero-order chi connectivity index (χ0) is 18.8. The number of amides is 2. The molecular weight excluding hydrogens is 336 g/mol. The summed E-state index contributed by atoms with van der Waals surface area (Å²) in [6.07, 6.45) is 2.49. The van der Waals surface area contributed by atoms with Gasteiger partial charge >= 0.3 is 0 Å². The molecule has 0 radical (unpaired) electrons. The molecular formula is C18H22N4O4. The third-order valence-corrected chi connectivity index (χ3v) is 3.60. The van der Waals surface area contributed by atoms with Gasteiger partial charge in [0.1, 0.15) is 12.4 Å². The average molecular weight is 358 g/mol. The summed E-state index contributed by atoms with van der Waals surface area (Å²) in [6, 6.07) is 8.71. The highest BCUT2D eigenvalue weighted by atomic mass is 16.5. The van der Waals surface area contributed by atoms with Crippen LogP contribution in [0.2, 0.25) is 0 Å². The Morgan fingerprint density at radius 2 is 1.65 bits per heavy atom. The van der Waals surface area contributed by atoms with Crippen LogP contribution < -0.4 is 10.6 Å². The minimum atomic E-state index is -0.977. The summed E-state index contributed by atoms with van der Waals surface area (Å²) in [5.74, 6) is -0.652. The Kier molecular flexibility index (Phi) is 7.66. The van der Waals surface area contributed by atoms with Gasteiger partial charge in [-0.2, -0.15) is 0 Å². The first-order chi connectivity index (χ1) is 12.6. The van der Waals surface area contributed by atoms with Gasteiger partial charge in [-0.15, -0.1) is 0 Å². The Labute approximate surface area is 151 Å². The maximum Gasteiger partial charge on any atom is 0.254 e. The molecule has 0 spiro atoms. The number of hydrogen-bond donors (Lipinski definition) is 3. The minimum absolute atomic E-state index is 0.00269. The molecule has 2 atom stereocenters. The number of hydrogen-bond acceptors (Lipinski definition) is 6. The number of aliphatic hydroxyl groups excluding tert-OH is 1. The van der Waals surface area contributed by atoms with E-state index in [-0.39, 0.29) is 24.9 Å². The summed E-state index contributed by atoms with van der Waals surface area (Å²) in [6.45, 7) is 2.24. The second kappa shape index (κ2) is 10.2. The van der Waals surface area contributed by atoms with Crippen LogP contribution >= 0.6 is 0 Å². The lowest BCUT2D eigenvalue weighted by molar-refractivity contribution is -0.0287. The van der Waals surface area contributed by atoms with Crippen LogP contribution in [-0.2, 0) is 4.74 Å². The Morgan fingerprint density at radius 1 is 1.04 bits per heavy atom. The fourth-order valence-corrected chi connectivity index (χ4v) is 2.25. The highest BCUT2D eigenvalue weighted by Crippen LogP contribution is 2.02. The van der Waals surface area contributed by atoms with Crippen molar-refractivity contribution in [3.8, 4) is 0 Å². The Morgan fingerprint density at radius 3 is 2.31 bits per heavy atom. The monoisotopic (exact) mass is 358 g/mol. The van der Waals surface area contributed by atoms with E-state index < -0.39 is 12.2 Å². The summed E-state index contributed by atoms with van der Waals surface area (Å²) in [5.41, 5.74) is 0.819. The maximum absolute atomic E-state index is 12.0.